The van der Waals surface area contributed by atoms with Gasteiger partial charge >= 0.3 is 11.9 Å². The third kappa shape index (κ3) is 9.30. The Bertz CT molecular complexity index is 498. The van der Waals surface area contributed by atoms with Crippen LogP contribution in [0.1, 0.15) is 39.0 Å². The molecule has 0 saturated carbocycles. The highest BCUT2D eigenvalue weighted by atomic mass is 16.4. The number of aliphatic hydroxyl groups excluding tert-OH is 1. The summed E-state index contributed by atoms with van der Waals surface area (Å²) in [5.41, 5.74) is 11.1. The third-order valence-electron chi connectivity index (χ3n) is 3.63. The lowest BCUT2D eigenvalue weighted by atomic mass is 10.1. The predicted octanol–water partition coefficient (Wildman–Crippen LogP) is -2.26. The molecule has 2 amide bonds. The molecule has 150 valence electrons. The van der Waals surface area contributed by atoms with E-state index >= 15 is 0 Å². The first-order valence-electron chi connectivity index (χ1n) is 8.29. The topological polar surface area (TPSA) is 205 Å². The van der Waals surface area contributed by atoms with E-state index in [0.29, 0.717) is 25.8 Å². The molecule has 11 nitrogen and oxygen atoms in total. The molecular formula is C15H28N4O7. The van der Waals surface area contributed by atoms with Gasteiger partial charge in [-0.15, -0.1) is 0 Å². The average Bonchev–Trinajstić information content (AvgIpc) is 2.55. The van der Waals surface area contributed by atoms with Gasteiger partial charge in [-0.25, -0.2) is 4.79 Å². The minimum absolute atomic E-state index is 0.255. The van der Waals surface area contributed by atoms with E-state index in [0.717, 1.165) is 0 Å². The van der Waals surface area contributed by atoms with Gasteiger partial charge in [-0.1, -0.05) is 6.42 Å². The second kappa shape index (κ2) is 12.2. The zero-order chi connectivity index (χ0) is 20.3. The van der Waals surface area contributed by atoms with Crippen molar-refractivity contribution in [3.63, 3.8) is 0 Å². The molecule has 0 radical (unpaired) electrons. The Balaban J connectivity index is 4.97. The van der Waals surface area contributed by atoms with Crippen LogP contribution in [0.15, 0.2) is 0 Å². The normalized spacial score (nSPS) is 15.4. The van der Waals surface area contributed by atoms with E-state index in [2.05, 4.69) is 10.6 Å². The number of aliphatic hydroxyl groups is 1. The van der Waals surface area contributed by atoms with E-state index in [1.165, 1.54) is 6.92 Å². The van der Waals surface area contributed by atoms with Crippen LogP contribution in [0, 0.1) is 0 Å². The number of nitrogens with two attached hydrogens (primary N) is 2. The molecular weight excluding hydrogens is 348 g/mol. The fourth-order valence-electron chi connectivity index (χ4n) is 2.10. The second-order valence-corrected chi connectivity index (χ2v) is 5.95. The maximum absolute atomic E-state index is 12.2. The molecule has 0 rings (SSSR count). The van der Waals surface area contributed by atoms with Gasteiger partial charge in [0.2, 0.25) is 11.8 Å². The summed E-state index contributed by atoms with van der Waals surface area (Å²) in [6, 6.07) is -3.79. The minimum atomic E-state index is -1.59. The summed E-state index contributed by atoms with van der Waals surface area (Å²) in [5.74, 6) is -4.22. The van der Waals surface area contributed by atoms with Gasteiger partial charge in [0.1, 0.15) is 6.04 Å². The fraction of sp³-hybridized carbons (Fsp3) is 0.733. The molecule has 0 saturated heterocycles. The molecule has 26 heavy (non-hydrogen) atoms. The van der Waals surface area contributed by atoms with E-state index < -0.39 is 54.4 Å². The van der Waals surface area contributed by atoms with Crippen molar-refractivity contribution in [1.29, 1.82) is 0 Å². The second-order valence-electron chi connectivity index (χ2n) is 5.95. The van der Waals surface area contributed by atoms with Gasteiger partial charge in [0, 0.05) is 6.42 Å². The SMILES string of the molecule is CC(O)C(NC(=O)C(CCC(=O)O)NC(=O)C(N)CCCCN)C(=O)O. The quantitative estimate of drug-likeness (QED) is 0.173. The van der Waals surface area contributed by atoms with Crippen molar-refractivity contribution < 1.29 is 34.5 Å². The Morgan fingerprint density at radius 3 is 2.08 bits per heavy atom. The summed E-state index contributed by atoms with van der Waals surface area (Å²) >= 11 is 0. The van der Waals surface area contributed by atoms with Gasteiger partial charge in [-0.05, 0) is 32.7 Å². The van der Waals surface area contributed by atoms with Crippen LogP contribution >= 0.6 is 0 Å². The molecule has 4 unspecified atom stereocenters. The van der Waals surface area contributed by atoms with Crippen LogP contribution in [0.2, 0.25) is 0 Å². The lowest BCUT2D eigenvalue weighted by Gasteiger charge is -2.23. The Morgan fingerprint density at radius 1 is 1.00 bits per heavy atom. The van der Waals surface area contributed by atoms with Crippen LogP contribution in [-0.4, -0.2) is 69.8 Å². The third-order valence-corrected chi connectivity index (χ3v) is 3.63. The van der Waals surface area contributed by atoms with E-state index in [9.17, 15) is 24.3 Å². The monoisotopic (exact) mass is 376 g/mol. The zero-order valence-electron chi connectivity index (χ0n) is 14.7. The number of carbonyl (C=O) groups excluding carboxylic acids is 2. The highest BCUT2D eigenvalue weighted by Crippen LogP contribution is 2.04. The molecule has 0 fully saturated rings. The van der Waals surface area contributed by atoms with Crippen molar-refractivity contribution in [3.05, 3.63) is 0 Å². The van der Waals surface area contributed by atoms with E-state index in [4.69, 9.17) is 21.7 Å². The van der Waals surface area contributed by atoms with Crippen molar-refractivity contribution in [2.24, 2.45) is 11.5 Å². The number of nitrogens with one attached hydrogen (secondary N) is 2. The maximum atomic E-state index is 12.2. The fourth-order valence-corrected chi connectivity index (χ4v) is 2.10. The van der Waals surface area contributed by atoms with Crippen molar-refractivity contribution in [1.82, 2.24) is 10.6 Å². The number of carboxylic acids is 2. The van der Waals surface area contributed by atoms with Crippen LogP contribution in [0.3, 0.4) is 0 Å². The van der Waals surface area contributed by atoms with E-state index in [-0.39, 0.29) is 6.42 Å². The first kappa shape index (κ1) is 23.8. The van der Waals surface area contributed by atoms with Crippen LogP contribution in [-0.2, 0) is 19.2 Å². The summed E-state index contributed by atoms with van der Waals surface area (Å²) in [5, 5.41) is 31.6. The molecule has 0 aromatic heterocycles. The van der Waals surface area contributed by atoms with Crippen molar-refractivity contribution in [2.75, 3.05) is 6.54 Å². The van der Waals surface area contributed by atoms with Crippen LogP contribution in [0.5, 0.6) is 0 Å². The molecule has 9 N–H and O–H groups in total. The predicted molar refractivity (Wildman–Crippen MR) is 90.9 cm³/mol. The van der Waals surface area contributed by atoms with Crippen molar-refractivity contribution in [3.8, 4) is 0 Å². The largest absolute Gasteiger partial charge is 0.481 e. The molecule has 0 bridgehead atoms. The summed E-state index contributed by atoms with van der Waals surface area (Å²) in [4.78, 5) is 46.1. The minimum Gasteiger partial charge on any atom is -0.481 e. The summed E-state index contributed by atoms with van der Waals surface area (Å²) in [6.45, 7) is 1.63. The van der Waals surface area contributed by atoms with Gasteiger partial charge in [0.05, 0.1) is 12.1 Å². The molecule has 0 heterocycles. The Labute approximate surface area is 151 Å². The smallest absolute Gasteiger partial charge is 0.328 e. The first-order chi connectivity index (χ1) is 12.1. The number of hydrogen-bond acceptors (Lipinski definition) is 7. The number of aliphatic carboxylic acids is 2. The molecule has 0 aromatic carbocycles. The summed E-state index contributed by atoms with van der Waals surface area (Å²) in [6.07, 6.45) is -0.437. The Kier molecular flexibility index (Phi) is 11.1. The number of unbranched alkanes of at least 4 members (excludes halogenated alkanes) is 1. The number of hydrogen-bond donors (Lipinski definition) is 7. The van der Waals surface area contributed by atoms with Gasteiger partial charge in [-0.3, -0.25) is 14.4 Å². The summed E-state index contributed by atoms with van der Waals surface area (Å²) in [7, 11) is 0. The maximum Gasteiger partial charge on any atom is 0.328 e. The number of carbonyl (C=O) groups is 4. The Hall–Kier alpha value is -2.24. The van der Waals surface area contributed by atoms with Crippen molar-refractivity contribution in [2.45, 2.75) is 63.3 Å². The van der Waals surface area contributed by atoms with Gasteiger partial charge in [0.25, 0.3) is 0 Å². The van der Waals surface area contributed by atoms with Gasteiger partial charge in [0.15, 0.2) is 6.04 Å². The molecule has 0 aliphatic carbocycles. The number of carboxylic acid groups (broad SMARTS) is 2. The van der Waals surface area contributed by atoms with Crippen LogP contribution < -0.4 is 22.1 Å². The summed E-state index contributed by atoms with van der Waals surface area (Å²) < 4.78 is 0. The Morgan fingerprint density at radius 2 is 1.62 bits per heavy atom. The van der Waals surface area contributed by atoms with Gasteiger partial charge < -0.3 is 37.4 Å². The zero-order valence-corrected chi connectivity index (χ0v) is 14.7. The van der Waals surface area contributed by atoms with E-state index in [1.54, 1.807) is 0 Å². The highest BCUT2D eigenvalue weighted by molar-refractivity contribution is 5.92. The molecule has 4 atom stereocenters. The molecule has 0 spiro atoms. The van der Waals surface area contributed by atoms with Gasteiger partial charge in [-0.2, -0.15) is 0 Å². The van der Waals surface area contributed by atoms with Crippen molar-refractivity contribution >= 4 is 23.8 Å². The average molecular weight is 376 g/mol. The lowest BCUT2D eigenvalue weighted by Crippen LogP contribution is -2.56. The van der Waals surface area contributed by atoms with E-state index in [1.807, 2.05) is 0 Å². The highest BCUT2D eigenvalue weighted by Gasteiger charge is 2.30. The molecule has 0 aromatic rings. The molecule has 0 aliphatic rings. The molecule has 0 aliphatic heterocycles. The first-order valence-corrected chi connectivity index (χ1v) is 8.29. The lowest BCUT2D eigenvalue weighted by molar-refractivity contribution is -0.145. The number of amides is 2. The standard InChI is InChI=1S/C15H28N4O7/c1-8(20)12(15(25)26)19-14(24)10(5-6-11(21)22)18-13(23)9(17)4-2-3-7-16/h8-10,12,20H,2-7,16-17H2,1H3,(H,18,23)(H,19,24)(H,21,22)(H,25,26). The van der Waals surface area contributed by atoms with Crippen LogP contribution in [0.25, 0.3) is 0 Å². The molecule has 11 heteroatoms. The van der Waals surface area contributed by atoms with Crippen LogP contribution in [0.4, 0.5) is 0 Å². The number of rotatable bonds is 13.